The highest BCUT2D eigenvalue weighted by Crippen LogP contribution is 2.30. The van der Waals surface area contributed by atoms with Crippen LogP contribution in [-0.4, -0.2) is 33.0 Å². The Morgan fingerprint density at radius 2 is 1.71 bits per heavy atom. The molecule has 3 aromatic rings. The van der Waals surface area contributed by atoms with Crippen LogP contribution in [0.1, 0.15) is 51.7 Å². The number of benzene rings is 2. The lowest BCUT2D eigenvalue weighted by atomic mass is 9.87. The molecule has 31 heavy (non-hydrogen) atoms. The Labute approximate surface area is 189 Å². The molecule has 1 N–H and O–H groups in total. The van der Waals surface area contributed by atoms with Gasteiger partial charge in [0, 0.05) is 17.8 Å². The SMILES string of the molecule is CCCCNC(=O)CSc1nnc(-c2ccc(C(C)(C)C)cc2)n1-c1ccc(C)cc1. The van der Waals surface area contributed by atoms with Gasteiger partial charge in [0.1, 0.15) is 0 Å². The van der Waals surface area contributed by atoms with Gasteiger partial charge in [0.15, 0.2) is 11.0 Å². The third-order valence-corrected chi connectivity index (χ3v) is 6.05. The first-order valence-corrected chi connectivity index (χ1v) is 11.8. The summed E-state index contributed by atoms with van der Waals surface area (Å²) in [7, 11) is 0. The fraction of sp³-hybridized carbons (Fsp3) is 0.400. The highest BCUT2D eigenvalue weighted by Gasteiger charge is 2.19. The fourth-order valence-corrected chi connectivity index (χ4v) is 3.96. The number of nitrogens with zero attached hydrogens (tertiary/aromatic N) is 3. The number of hydrogen-bond donors (Lipinski definition) is 1. The van der Waals surface area contributed by atoms with Gasteiger partial charge in [-0.15, -0.1) is 10.2 Å². The second kappa shape index (κ2) is 10.1. The van der Waals surface area contributed by atoms with Gasteiger partial charge in [0.05, 0.1) is 5.75 Å². The molecule has 0 saturated carbocycles. The Hall–Kier alpha value is -2.60. The largest absolute Gasteiger partial charge is 0.355 e. The maximum atomic E-state index is 12.2. The van der Waals surface area contributed by atoms with E-state index < -0.39 is 0 Å². The number of hydrogen-bond acceptors (Lipinski definition) is 4. The molecule has 0 atom stereocenters. The smallest absolute Gasteiger partial charge is 0.230 e. The van der Waals surface area contributed by atoms with Crippen molar-refractivity contribution in [1.29, 1.82) is 0 Å². The molecule has 1 aromatic heterocycles. The average molecular weight is 437 g/mol. The van der Waals surface area contributed by atoms with Crippen LogP contribution in [0.15, 0.2) is 53.7 Å². The zero-order valence-electron chi connectivity index (χ0n) is 19.1. The molecule has 0 saturated heterocycles. The number of nitrogens with one attached hydrogen (secondary N) is 1. The van der Waals surface area contributed by atoms with Crippen LogP contribution in [0.2, 0.25) is 0 Å². The van der Waals surface area contributed by atoms with Crippen molar-refractivity contribution in [1.82, 2.24) is 20.1 Å². The van der Waals surface area contributed by atoms with E-state index in [0.717, 1.165) is 29.9 Å². The Kier molecular flexibility index (Phi) is 7.55. The van der Waals surface area contributed by atoms with Crippen LogP contribution in [0.3, 0.4) is 0 Å². The zero-order valence-corrected chi connectivity index (χ0v) is 19.9. The molecule has 0 fully saturated rings. The lowest BCUT2D eigenvalue weighted by Crippen LogP contribution is -2.26. The molecule has 0 aliphatic carbocycles. The first-order valence-electron chi connectivity index (χ1n) is 10.8. The Morgan fingerprint density at radius 1 is 1.03 bits per heavy atom. The quantitative estimate of drug-likeness (QED) is 0.372. The average Bonchev–Trinajstić information content (AvgIpc) is 3.16. The Balaban J connectivity index is 1.91. The molecule has 1 heterocycles. The van der Waals surface area contributed by atoms with Gasteiger partial charge in [-0.1, -0.05) is 87.8 Å². The molecule has 1 amide bonds. The maximum absolute atomic E-state index is 12.2. The van der Waals surface area contributed by atoms with Crippen LogP contribution in [0.4, 0.5) is 0 Å². The highest BCUT2D eigenvalue weighted by molar-refractivity contribution is 7.99. The number of carbonyl (C=O) groups excluding carboxylic acids is 1. The lowest BCUT2D eigenvalue weighted by Gasteiger charge is -2.19. The molecule has 3 rings (SSSR count). The lowest BCUT2D eigenvalue weighted by molar-refractivity contribution is -0.118. The molecule has 2 aromatic carbocycles. The van der Waals surface area contributed by atoms with Gasteiger partial charge in [0.25, 0.3) is 0 Å². The predicted octanol–water partition coefficient (Wildman–Crippen LogP) is 5.55. The topological polar surface area (TPSA) is 59.8 Å². The molecule has 164 valence electrons. The van der Waals surface area contributed by atoms with Crippen LogP contribution in [0, 0.1) is 6.92 Å². The van der Waals surface area contributed by atoms with Gasteiger partial charge >= 0.3 is 0 Å². The van der Waals surface area contributed by atoms with Crippen molar-refractivity contribution in [2.24, 2.45) is 0 Å². The summed E-state index contributed by atoms with van der Waals surface area (Å²) in [6.07, 6.45) is 2.05. The molecule has 5 nitrogen and oxygen atoms in total. The number of rotatable bonds is 8. The number of aromatic nitrogens is 3. The summed E-state index contributed by atoms with van der Waals surface area (Å²) in [6, 6.07) is 16.8. The van der Waals surface area contributed by atoms with Crippen molar-refractivity contribution in [2.45, 2.75) is 58.0 Å². The molecular weight excluding hydrogens is 404 g/mol. The maximum Gasteiger partial charge on any atom is 0.230 e. The Morgan fingerprint density at radius 3 is 2.32 bits per heavy atom. The van der Waals surface area contributed by atoms with Gasteiger partial charge in [-0.25, -0.2) is 0 Å². The van der Waals surface area contributed by atoms with E-state index in [1.807, 2.05) is 4.57 Å². The first-order chi connectivity index (χ1) is 14.8. The minimum Gasteiger partial charge on any atom is -0.355 e. The van der Waals surface area contributed by atoms with E-state index in [2.05, 4.69) is 98.7 Å². The fourth-order valence-electron chi connectivity index (χ4n) is 3.18. The summed E-state index contributed by atoms with van der Waals surface area (Å²) in [6.45, 7) is 11.5. The van der Waals surface area contributed by atoms with Crippen LogP contribution in [0.25, 0.3) is 17.1 Å². The summed E-state index contributed by atoms with van der Waals surface area (Å²) in [4.78, 5) is 12.2. The van der Waals surface area contributed by atoms with E-state index in [-0.39, 0.29) is 11.3 Å². The third-order valence-electron chi connectivity index (χ3n) is 5.12. The van der Waals surface area contributed by atoms with E-state index in [4.69, 9.17) is 0 Å². The van der Waals surface area contributed by atoms with Gasteiger partial charge in [-0.05, 0) is 36.5 Å². The van der Waals surface area contributed by atoms with Crippen molar-refractivity contribution < 1.29 is 4.79 Å². The minimum atomic E-state index is 0.0213. The summed E-state index contributed by atoms with van der Waals surface area (Å²) in [5, 5.41) is 12.6. The van der Waals surface area contributed by atoms with Crippen molar-refractivity contribution >= 4 is 17.7 Å². The van der Waals surface area contributed by atoms with Gasteiger partial charge < -0.3 is 5.32 Å². The second-order valence-electron chi connectivity index (χ2n) is 8.80. The van der Waals surface area contributed by atoms with Crippen LogP contribution >= 0.6 is 11.8 Å². The van der Waals surface area contributed by atoms with Crippen LogP contribution in [-0.2, 0) is 10.2 Å². The number of carbonyl (C=O) groups is 1. The van der Waals surface area contributed by atoms with E-state index in [9.17, 15) is 4.79 Å². The van der Waals surface area contributed by atoms with Gasteiger partial charge in [-0.3, -0.25) is 9.36 Å². The molecule has 0 radical (unpaired) electrons. The van der Waals surface area contributed by atoms with E-state index in [0.29, 0.717) is 17.5 Å². The number of amides is 1. The molecule has 0 spiro atoms. The van der Waals surface area contributed by atoms with Crippen molar-refractivity contribution in [3.63, 3.8) is 0 Å². The number of unbranched alkanes of at least 4 members (excludes halogenated alkanes) is 1. The molecule has 0 aliphatic rings. The van der Waals surface area contributed by atoms with Crippen LogP contribution in [0.5, 0.6) is 0 Å². The molecule has 6 heteroatoms. The van der Waals surface area contributed by atoms with E-state index in [1.165, 1.54) is 22.9 Å². The Bertz CT molecular complexity index is 1000. The third kappa shape index (κ3) is 5.97. The number of thioether (sulfide) groups is 1. The summed E-state index contributed by atoms with van der Waals surface area (Å²) >= 11 is 1.41. The normalized spacial score (nSPS) is 11.5. The predicted molar refractivity (Wildman–Crippen MR) is 129 cm³/mol. The molecule has 0 unspecified atom stereocenters. The monoisotopic (exact) mass is 436 g/mol. The summed E-state index contributed by atoms with van der Waals surface area (Å²) in [5.74, 6) is 1.11. The van der Waals surface area contributed by atoms with Crippen molar-refractivity contribution in [3.8, 4) is 17.1 Å². The zero-order chi connectivity index (χ0) is 22.4. The van der Waals surface area contributed by atoms with Gasteiger partial charge in [0.2, 0.25) is 5.91 Å². The van der Waals surface area contributed by atoms with Crippen molar-refractivity contribution in [3.05, 3.63) is 59.7 Å². The highest BCUT2D eigenvalue weighted by atomic mass is 32.2. The molecule has 0 aliphatic heterocycles. The van der Waals surface area contributed by atoms with E-state index >= 15 is 0 Å². The molecular formula is C25H32N4OS. The first kappa shape index (κ1) is 23.1. The van der Waals surface area contributed by atoms with Gasteiger partial charge in [-0.2, -0.15) is 0 Å². The second-order valence-corrected chi connectivity index (χ2v) is 9.74. The summed E-state index contributed by atoms with van der Waals surface area (Å²) in [5.41, 5.74) is 4.54. The molecule has 0 bridgehead atoms. The van der Waals surface area contributed by atoms with Crippen LogP contribution < -0.4 is 5.32 Å². The minimum absolute atomic E-state index is 0.0213. The standard InChI is InChI=1S/C25H32N4OS/c1-6-7-16-26-22(30)17-31-24-28-27-23(29(24)21-14-8-18(2)9-15-21)19-10-12-20(13-11-19)25(3,4)5/h8-15H,6-7,16-17H2,1-5H3,(H,26,30). The van der Waals surface area contributed by atoms with Crippen molar-refractivity contribution in [2.75, 3.05) is 12.3 Å². The summed E-state index contributed by atoms with van der Waals surface area (Å²) < 4.78 is 2.04. The number of aryl methyl sites for hydroxylation is 1. The van der Waals surface area contributed by atoms with E-state index in [1.54, 1.807) is 0 Å².